The molecule has 0 aromatic carbocycles. The number of fused-ring (bicyclic) bond motifs is 2. The predicted molar refractivity (Wildman–Crippen MR) is 135 cm³/mol. The minimum atomic E-state index is 0.0155. The fourth-order valence-corrected chi connectivity index (χ4v) is 6.27. The molecule has 36 heavy (non-hydrogen) atoms. The Labute approximate surface area is 208 Å². The topological polar surface area (TPSA) is 87.3 Å². The summed E-state index contributed by atoms with van der Waals surface area (Å²) in [6.07, 6.45) is 6.04. The number of carbonyl (C=O) groups excluding carboxylic acids is 1. The molecule has 4 aromatic rings. The van der Waals surface area contributed by atoms with Gasteiger partial charge in [-0.1, -0.05) is 0 Å². The summed E-state index contributed by atoms with van der Waals surface area (Å²) >= 11 is 0. The standard InChI is InChI=1S/C27H28N6O3/c1-4-31-21(11-15-5-6-22(36-3)30-24(15)31)26-29-19-10-17(13-28-25(19)32(26)7-8-35-2)27(34)33-14-18-9-16-12-20(33)23(16)18/h5-6,10-11,13-14,16,20,23H,4,7-9,12H2,1-3H3/t16?,20-,23-/m1/s1. The Bertz CT molecular complexity index is 1570. The molecule has 9 nitrogen and oxygen atoms in total. The van der Waals surface area contributed by atoms with Crippen molar-refractivity contribution < 1.29 is 14.3 Å². The van der Waals surface area contributed by atoms with Gasteiger partial charge in [-0.15, -0.1) is 0 Å². The maximum absolute atomic E-state index is 13.4. The van der Waals surface area contributed by atoms with Crippen molar-refractivity contribution in [1.29, 1.82) is 0 Å². The fraction of sp³-hybridized carbons (Fsp3) is 0.407. The number of aryl methyl sites for hydroxylation is 1. The van der Waals surface area contributed by atoms with Crippen LogP contribution in [0.15, 0.2) is 42.2 Å². The van der Waals surface area contributed by atoms with Crippen LogP contribution in [0, 0.1) is 11.8 Å². The summed E-state index contributed by atoms with van der Waals surface area (Å²) in [5.74, 6) is 2.76. The van der Waals surface area contributed by atoms with Crippen molar-refractivity contribution in [2.75, 3.05) is 20.8 Å². The summed E-state index contributed by atoms with van der Waals surface area (Å²) in [5, 5.41) is 1.01. The van der Waals surface area contributed by atoms with Gasteiger partial charge in [0.05, 0.1) is 25.0 Å². The van der Waals surface area contributed by atoms with Crippen LogP contribution in [0.3, 0.4) is 0 Å². The molecule has 5 heterocycles. The Morgan fingerprint density at radius 3 is 2.78 bits per heavy atom. The third-order valence-corrected chi connectivity index (χ3v) is 8.11. The lowest BCUT2D eigenvalue weighted by molar-refractivity contribution is 0.0327. The molecule has 2 fully saturated rings. The van der Waals surface area contributed by atoms with E-state index in [0.29, 0.717) is 42.1 Å². The minimum absolute atomic E-state index is 0.0155. The molecule has 7 rings (SSSR count). The highest BCUT2D eigenvalue weighted by molar-refractivity contribution is 5.98. The molecule has 0 bridgehead atoms. The van der Waals surface area contributed by atoms with Crippen LogP contribution in [0.25, 0.3) is 33.7 Å². The molecule has 4 aromatic heterocycles. The third-order valence-electron chi connectivity index (χ3n) is 8.11. The van der Waals surface area contributed by atoms with E-state index >= 15 is 0 Å². The van der Waals surface area contributed by atoms with Crippen LogP contribution >= 0.6 is 0 Å². The molecule has 3 aliphatic rings. The molecular formula is C27H28N6O3. The molecule has 2 saturated carbocycles. The van der Waals surface area contributed by atoms with Crippen LogP contribution in [-0.2, 0) is 17.8 Å². The molecule has 3 atom stereocenters. The van der Waals surface area contributed by atoms with Crippen molar-refractivity contribution in [3.8, 4) is 17.4 Å². The van der Waals surface area contributed by atoms with Crippen molar-refractivity contribution in [1.82, 2.24) is 29.0 Å². The van der Waals surface area contributed by atoms with E-state index in [1.165, 1.54) is 5.57 Å². The molecule has 0 saturated heterocycles. The van der Waals surface area contributed by atoms with Crippen LogP contribution in [0.4, 0.5) is 0 Å². The maximum Gasteiger partial charge on any atom is 0.259 e. The van der Waals surface area contributed by atoms with Gasteiger partial charge in [-0.2, -0.15) is 4.98 Å². The van der Waals surface area contributed by atoms with Gasteiger partial charge in [-0.05, 0) is 49.5 Å². The maximum atomic E-state index is 13.4. The predicted octanol–water partition coefficient (Wildman–Crippen LogP) is 3.87. The number of hydrogen-bond acceptors (Lipinski definition) is 6. The van der Waals surface area contributed by atoms with Gasteiger partial charge in [0, 0.05) is 56.0 Å². The number of ether oxygens (including phenoxy) is 2. The number of methoxy groups -OCH3 is 2. The quantitative estimate of drug-likeness (QED) is 0.396. The zero-order chi connectivity index (χ0) is 24.6. The summed E-state index contributed by atoms with van der Waals surface area (Å²) in [5.41, 5.74) is 5.23. The molecule has 0 N–H and O–H groups in total. The highest BCUT2D eigenvalue weighted by Gasteiger charge is 2.57. The average molecular weight is 485 g/mol. The molecule has 1 unspecified atom stereocenters. The van der Waals surface area contributed by atoms with Crippen LogP contribution in [0.1, 0.15) is 30.1 Å². The number of rotatable bonds is 7. The Morgan fingerprint density at radius 2 is 2.03 bits per heavy atom. The Balaban J connectivity index is 1.33. The van der Waals surface area contributed by atoms with E-state index in [-0.39, 0.29) is 5.91 Å². The minimum Gasteiger partial charge on any atom is -0.481 e. The summed E-state index contributed by atoms with van der Waals surface area (Å²) < 4.78 is 14.9. The van der Waals surface area contributed by atoms with E-state index in [9.17, 15) is 4.79 Å². The third kappa shape index (κ3) is 2.92. The van der Waals surface area contributed by atoms with Crippen LogP contribution in [-0.4, -0.2) is 61.8 Å². The first-order valence-electron chi connectivity index (χ1n) is 12.5. The van der Waals surface area contributed by atoms with Crippen LogP contribution in [0.2, 0.25) is 0 Å². The molecule has 1 aliphatic heterocycles. The monoisotopic (exact) mass is 484 g/mol. The summed E-state index contributed by atoms with van der Waals surface area (Å²) in [6, 6.07) is 8.19. The Hall–Kier alpha value is -3.72. The second-order valence-corrected chi connectivity index (χ2v) is 9.90. The highest BCUT2D eigenvalue weighted by atomic mass is 16.5. The number of pyridine rings is 2. The van der Waals surface area contributed by atoms with Crippen molar-refractivity contribution in [2.45, 2.75) is 38.9 Å². The summed E-state index contributed by atoms with van der Waals surface area (Å²) in [4.78, 5) is 29.8. The first kappa shape index (κ1) is 21.6. The van der Waals surface area contributed by atoms with Gasteiger partial charge in [0.25, 0.3) is 5.91 Å². The Kier molecular flexibility index (Phi) is 4.73. The zero-order valence-electron chi connectivity index (χ0n) is 20.6. The van der Waals surface area contributed by atoms with E-state index in [2.05, 4.69) is 33.3 Å². The number of hydrogen-bond donors (Lipinski definition) is 0. The second kappa shape index (κ2) is 7.89. The molecule has 9 heteroatoms. The van der Waals surface area contributed by atoms with Crippen molar-refractivity contribution in [3.63, 3.8) is 0 Å². The first-order valence-corrected chi connectivity index (χ1v) is 12.5. The normalized spacial score (nSPS) is 21.9. The lowest BCUT2D eigenvalue weighted by Crippen LogP contribution is -2.53. The van der Waals surface area contributed by atoms with Gasteiger partial charge in [0.2, 0.25) is 5.88 Å². The smallest absolute Gasteiger partial charge is 0.259 e. The SMILES string of the molecule is CCn1c(-c2nc3cc(C(=O)N4C=C5CC6C[C@@H]4[C@@H]56)cnc3n2CCOC)cc2ccc(OC)nc21. The van der Waals surface area contributed by atoms with Crippen molar-refractivity contribution in [3.05, 3.63) is 47.8 Å². The van der Waals surface area contributed by atoms with E-state index in [1.54, 1.807) is 20.4 Å². The molecule has 2 aliphatic carbocycles. The molecule has 184 valence electrons. The Morgan fingerprint density at radius 1 is 1.14 bits per heavy atom. The number of imidazole rings is 1. The lowest BCUT2D eigenvalue weighted by Gasteiger charge is -2.51. The van der Waals surface area contributed by atoms with E-state index in [0.717, 1.165) is 53.5 Å². The van der Waals surface area contributed by atoms with E-state index in [4.69, 9.17) is 19.4 Å². The van der Waals surface area contributed by atoms with Gasteiger partial charge >= 0.3 is 0 Å². The van der Waals surface area contributed by atoms with Crippen molar-refractivity contribution in [2.24, 2.45) is 11.8 Å². The van der Waals surface area contributed by atoms with E-state index in [1.807, 2.05) is 23.1 Å². The fourth-order valence-electron chi connectivity index (χ4n) is 6.27. The second-order valence-electron chi connectivity index (χ2n) is 9.90. The largest absolute Gasteiger partial charge is 0.481 e. The summed E-state index contributed by atoms with van der Waals surface area (Å²) in [7, 11) is 3.31. The molecular weight excluding hydrogens is 456 g/mol. The van der Waals surface area contributed by atoms with E-state index < -0.39 is 0 Å². The summed E-state index contributed by atoms with van der Waals surface area (Å²) in [6.45, 7) is 3.92. The molecule has 0 spiro atoms. The molecule has 1 amide bonds. The van der Waals surface area contributed by atoms with Crippen LogP contribution in [0.5, 0.6) is 5.88 Å². The number of amides is 1. The highest BCUT2D eigenvalue weighted by Crippen LogP contribution is 2.59. The number of nitrogens with zero attached hydrogens (tertiary/aromatic N) is 6. The lowest BCUT2D eigenvalue weighted by atomic mass is 9.55. The average Bonchev–Trinajstić information content (AvgIpc) is 3.43. The van der Waals surface area contributed by atoms with Crippen LogP contribution < -0.4 is 4.74 Å². The van der Waals surface area contributed by atoms with Gasteiger partial charge in [-0.25, -0.2) is 9.97 Å². The van der Waals surface area contributed by atoms with Gasteiger partial charge in [-0.3, -0.25) is 4.79 Å². The first-order chi connectivity index (χ1) is 17.6. The van der Waals surface area contributed by atoms with Gasteiger partial charge in [0.15, 0.2) is 11.5 Å². The number of aromatic nitrogens is 5. The zero-order valence-corrected chi connectivity index (χ0v) is 20.6. The number of carbonyl (C=O) groups is 1. The van der Waals surface area contributed by atoms with Gasteiger partial charge < -0.3 is 23.5 Å². The van der Waals surface area contributed by atoms with Crippen molar-refractivity contribution >= 4 is 28.1 Å². The van der Waals surface area contributed by atoms with Gasteiger partial charge in [0.1, 0.15) is 11.2 Å². The molecule has 0 radical (unpaired) electrons.